The van der Waals surface area contributed by atoms with E-state index in [1.165, 1.54) is 19.3 Å². The van der Waals surface area contributed by atoms with Crippen LogP contribution in [0.25, 0.3) is 0 Å². The smallest absolute Gasteiger partial charge is 0.184 e. The molecular weight excluding hydrogens is 162 g/mol. The van der Waals surface area contributed by atoms with Gasteiger partial charge in [-0.3, -0.25) is 0 Å². The second-order valence-corrected chi connectivity index (χ2v) is 4.38. The summed E-state index contributed by atoms with van der Waals surface area (Å²) in [6.45, 7) is 8.56. The van der Waals surface area contributed by atoms with Gasteiger partial charge in [-0.25, -0.2) is 4.99 Å². The van der Waals surface area contributed by atoms with Crippen molar-refractivity contribution in [1.82, 2.24) is 0 Å². The van der Waals surface area contributed by atoms with Crippen LogP contribution >= 0.6 is 0 Å². The van der Waals surface area contributed by atoms with Gasteiger partial charge in [0.1, 0.15) is 6.10 Å². The Morgan fingerprint density at radius 2 is 2.08 bits per heavy atom. The molecule has 0 spiro atoms. The molecule has 0 fully saturated rings. The van der Waals surface area contributed by atoms with Crippen molar-refractivity contribution >= 4 is 5.90 Å². The number of ether oxygens (including phenoxy) is 1. The number of aliphatic imine (C=N–C) groups is 1. The van der Waals surface area contributed by atoms with Crippen molar-refractivity contribution in [2.75, 3.05) is 0 Å². The first-order valence-electron chi connectivity index (χ1n) is 5.31. The Labute approximate surface area is 81.4 Å². The number of hydrogen-bond acceptors (Lipinski definition) is 2. The molecule has 1 atom stereocenters. The standard InChI is InChI=1S/C11H21NO/c1-5-6-7-8-10-12-11(3,4)9(2)13-10/h9H,5-8H2,1-4H3. The SMILES string of the molecule is CCCCCC1=NC(C)(C)C(C)O1. The molecule has 0 amide bonds. The Bertz CT molecular complexity index is 196. The molecule has 0 N–H and O–H groups in total. The van der Waals surface area contributed by atoms with Crippen LogP contribution < -0.4 is 0 Å². The van der Waals surface area contributed by atoms with E-state index in [0.29, 0.717) is 0 Å². The van der Waals surface area contributed by atoms with Gasteiger partial charge in [0.25, 0.3) is 0 Å². The van der Waals surface area contributed by atoms with Gasteiger partial charge >= 0.3 is 0 Å². The first-order chi connectivity index (χ1) is 6.06. The molecule has 0 radical (unpaired) electrons. The Kier molecular flexibility index (Phi) is 3.34. The average Bonchev–Trinajstić information content (AvgIpc) is 2.27. The van der Waals surface area contributed by atoms with Crippen LogP contribution in [0.3, 0.4) is 0 Å². The van der Waals surface area contributed by atoms with Crippen molar-refractivity contribution in [3.05, 3.63) is 0 Å². The summed E-state index contributed by atoms with van der Waals surface area (Å²) in [7, 11) is 0. The number of nitrogens with zero attached hydrogens (tertiary/aromatic N) is 1. The molecule has 0 aromatic carbocycles. The molecule has 0 saturated heterocycles. The van der Waals surface area contributed by atoms with E-state index in [1.54, 1.807) is 0 Å². The van der Waals surface area contributed by atoms with Crippen molar-refractivity contribution in [3.63, 3.8) is 0 Å². The van der Waals surface area contributed by atoms with E-state index in [4.69, 9.17) is 4.74 Å². The zero-order chi connectivity index (χ0) is 9.90. The van der Waals surface area contributed by atoms with Crippen LogP contribution in [0.5, 0.6) is 0 Å². The molecule has 0 saturated carbocycles. The van der Waals surface area contributed by atoms with Gasteiger partial charge in [-0.2, -0.15) is 0 Å². The Morgan fingerprint density at radius 3 is 2.54 bits per heavy atom. The van der Waals surface area contributed by atoms with E-state index < -0.39 is 0 Å². The summed E-state index contributed by atoms with van der Waals surface area (Å²) in [5.74, 6) is 0.964. The van der Waals surface area contributed by atoms with Crippen molar-refractivity contribution in [2.24, 2.45) is 4.99 Å². The van der Waals surface area contributed by atoms with Gasteiger partial charge in [0.05, 0.1) is 5.54 Å². The molecule has 0 aliphatic carbocycles. The second-order valence-electron chi connectivity index (χ2n) is 4.38. The van der Waals surface area contributed by atoms with E-state index in [2.05, 4.69) is 32.7 Å². The summed E-state index contributed by atoms with van der Waals surface area (Å²) in [5, 5.41) is 0. The third-order valence-corrected chi connectivity index (χ3v) is 2.71. The maximum Gasteiger partial charge on any atom is 0.184 e. The molecule has 0 aromatic rings. The Hall–Kier alpha value is -0.530. The first-order valence-corrected chi connectivity index (χ1v) is 5.31. The molecule has 1 rings (SSSR count). The van der Waals surface area contributed by atoms with E-state index >= 15 is 0 Å². The quantitative estimate of drug-likeness (QED) is 0.613. The molecular formula is C11H21NO. The van der Waals surface area contributed by atoms with Crippen LogP contribution in [-0.4, -0.2) is 17.5 Å². The zero-order valence-electron chi connectivity index (χ0n) is 9.26. The minimum absolute atomic E-state index is 0.0124. The predicted octanol–water partition coefficient (Wildman–Crippen LogP) is 3.16. The molecule has 1 unspecified atom stereocenters. The monoisotopic (exact) mass is 183 g/mol. The van der Waals surface area contributed by atoms with Crippen LogP contribution in [0.15, 0.2) is 4.99 Å². The summed E-state index contributed by atoms with van der Waals surface area (Å²) in [6, 6.07) is 0. The molecule has 2 heteroatoms. The number of unbranched alkanes of at least 4 members (excludes halogenated alkanes) is 2. The highest BCUT2D eigenvalue weighted by Crippen LogP contribution is 2.26. The Morgan fingerprint density at radius 1 is 1.38 bits per heavy atom. The molecule has 1 aliphatic rings. The normalized spacial score (nSPS) is 25.5. The summed E-state index contributed by atoms with van der Waals surface area (Å²) in [4.78, 5) is 4.57. The average molecular weight is 183 g/mol. The largest absolute Gasteiger partial charge is 0.475 e. The van der Waals surface area contributed by atoms with Gasteiger partial charge in [-0.05, 0) is 27.2 Å². The van der Waals surface area contributed by atoms with Crippen molar-refractivity contribution in [2.45, 2.75) is 65.0 Å². The summed E-state index contributed by atoms with van der Waals surface area (Å²) >= 11 is 0. The van der Waals surface area contributed by atoms with Crippen molar-refractivity contribution in [1.29, 1.82) is 0 Å². The van der Waals surface area contributed by atoms with Crippen LogP contribution in [0.1, 0.15) is 53.4 Å². The van der Waals surface area contributed by atoms with Crippen molar-refractivity contribution in [3.8, 4) is 0 Å². The zero-order valence-corrected chi connectivity index (χ0v) is 9.26. The maximum absolute atomic E-state index is 5.67. The fourth-order valence-corrected chi connectivity index (χ4v) is 1.43. The molecule has 13 heavy (non-hydrogen) atoms. The lowest BCUT2D eigenvalue weighted by atomic mass is 10.0. The molecule has 76 valence electrons. The fraction of sp³-hybridized carbons (Fsp3) is 0.909. The van der Waals surface area contributed by atoms with Crippen LogP contribution in [0.4, 0.5) is 0 Å². The molecule has 1 heterocycles. The van der Waals surface area contributed by atoms with Gasteiger partial charge in [0.15, 0.2) is 5.90 Å². The lowest BCUT2D eigenvalue weighted by Crippen LogP contribution is -2.28. The molecule has 2 nitrogen and oxygen atoms in total. The van der Waals surface area contributed by atoms with Gasteiger partial charge in [0.2, 0.25) is 0 Å². The summed E-state index contributed by atoms with van der Waals surface area (Å²) in [5.41, 5.74) is -0.0124. The van der Waals surface area contributed by atoms with E-state index in [9.17, 15) is 0 Å². The lowest BCUT2D eigenvalue weighted by molar-refractivity contribution is 0.171. The topological polar surface area (TPSA) is 21.6 Å². The highest BCUT2D eigenvalue weighted by Gasteiger charge is 2.33. The lowest BCUT2D eigenvalue weighted by Gasteiger charge is -2.18. The molecule has 0 aromatic heterocycles. The predicted molar refractivity (Wildman–Crippen MR) is 56.2 cm³/mol. The fourth-order valence-electron chi connectivity index (χ4n) is 1.43. The minimum Gasteiger partial charge on any atom is -0.475 e. The third-order valence-electron chi connectivity index (χ3n) is 2.71. The van der Waals surface area contributed by atoms with Gasteiger partial charge in [0, 0.05) is 6.42 Å². The maximum atomic E-state index is 5.67. The highest BCUT2D eigenvalue weighted by atomic mass is 16.5. The van der Waals surface area contributed by atoms with Gasteiger partial charge in [-0.15, -0.1) is 0 Å². The van der Waals surface area contributed by atoms with Crippen LogP contribution in [0, 0.1) is 0 Å². The minimum atomic E-state index is -0.0124. The van der Waals surface area contributed by atoms with Crippen LogP contribution in [-0.2, 0) is 4.74 Å². The first kappa shape index (κ1) is 10.6. The van der Waals surface area contributed by atoms with Gasteiger partial charge < -0.3 is 4.74 Å². The molecule has 1 aliphatic heterocycles. The van der Waals surface area contributed by atoms with Crippen molar-refractivity contribution < 1.29 is 4.74 Å². The van der Waals surface area contributed by atoms with E-state index in [-0.39, 0.29) is 11.6 Å². The molecule has 0 bridgehead atoms. The third kappa shape index (κ3) is 2.71. The summed E-state index contributed by atoms with van der Waals surface area (Å²) in [6.07, 6.45) is 4.99. The number of rotatable bonds is 4. The second kappa shape index (κ2) is 4.12. The van der Waals surface area contributed by atoms with Crippen LogP contribution in [0.2, 0.25) is 0 Å². The summed E-state index contributed by atoms with van der Waals surface area (Å²) < 4.78 is 5.67. The van der Waals surface area contributed by atoms with E-state index in [1.807, 2.05) is 0 Å². The van der Waals surface area contributed by atoms with Gasteiger partial charge in [-0.1, -0.05) is 19.8 Å². The highest BCUT2D eigenvalue weighted by molar-refractivity contribution is 5.78. The Balaban J connectivity index is 2.37. The number of hydrogen-bond donors (Lipinski definition) is 0. The van der Waals surface area contributed by atoms with E-state index in [0.717, 1.165) is 12.3 Å².